The van der Waals surface area contributed by atoms with Crippen molar-refractivity contribution in [1.82, 2.24) is 14.8 Å². The Morgan fingerprint density at radius 2 is 1.90 bits per heavy atom. The van der Waals surface area contributed by atoms with Crippen LogP contribution in [-0.4, -0.2) is 87.0 Å². The number of carbonyl (C=O) groups is 1. The number of likely N-dealkylation sites (tertiary alicyclic amines) is 2. The summed E-state index contributed by atoms with van der Waals surface area (Å²) in [6.45, 7) is 10.2. The first-order valence-electron chi connectivity index (χ1n) is 12.0. The van der Waals surface area contributed by atoms with Crippen LogP contribution in [-0.2, 0) is 14.9 Å². The van der Waals surface area contributed by atoms with Crippen LogP contribution < -0.4 is 4.90 Å². The van der Waals surface area contributed by atoms with Gasteiger partial charge in [-0.1, -0.05) is 6.07 Å². The van der Waals surface area contributed by atoms with Crippen LogP contribution in [0.1, 0.15) is 44.6 Å². The molecule has 0 atom stereocenters. The first-order chi connectivity index (χ1) is 15.1. The highest BCUT2D eigenvalue weighted by Crippen LogP contribution is 2.45. The summed E-state index contributed by atoms with van der Waals surface area (Å²) >= 11 is 0. The topological polar surface area (TPSA) is 58.1 Å². The molecule has 4 rings (SSSR count). The second-order valence-electron chi connectivity index (χ2n) is 9.31. The van der Waals surface area contributed by atoms with Crippen molar-refractivity contribution in [2.45, 2.75) is 44.4 Å². The van der Waals surface area contributed by atoms with Crippen molar-refractivity contribution in [3.63, 3.8) is 0 Å². The predicted molar refractivity (Wildman–Crippen MR) is 122 cm³/mol. The van der Waals surface area contributed by atoms with E-state index in [4.69, 9.17) is 14.5 Å². The molecule has 7 nitrogen and oxygen atoms in total. The SMILES string of the molecule is CCOC(=O)N1CCC(CN2CCC3(CC2)CCN(CCOC)c2ncccc23)CC1. The number of ether oxygens (including phenoxy) is 2. The smallest absolute Gasteiger partial charge is 0.409 e. The monoisotopic (exact) mass is 430 g/mol. The molecule has 4 heterocycles. The second kappa shape index (κ2) is 10.2. The van der Waals surface area contributed by atoms with Crippen LogP contribution in [0.4, 0.5) is 10.6 Å². The minimum atomic E-state index is -0.148. The Morgan fingerprint density at radius 1 is 1.16 bits per heavy atom. The summed E-state index contributed by atoms with van der Waals surface area (Å²) in [5, 5.41) is 0. The van der Waals surface area contributed by atoms with Gasteiger partial charge in [0.2, 0.25) is 0 Å². The molecule has 172 valence electrons. The summed E-state index contributed by atoms with van der Waals surface area (Å²) in [5.74, 6) is 1.86. The summed E-state index contributed by atoms with van der Waals surface area (Å²) in [5.41, 5.74) is 1.72. The summed E-state index contributed by atoms with van der Waals surface area (Å²) in [4.78, 5) is 23.6. The molecule has 0 aliphatic carbocycles. The van der Waals surface area contributed by atoms with E-state index < -0.39 is 0 Å². The average molecular weight is 431 g/mol. The van der Waals surface area contributed by atoms with Crippen LogP contribution in [0.25, 0.3) is 0 Å². The Hall–Kier alpha value is -1.86. The third kappa shape index (κ3) is 4.98. The highest BCUT2D eigenvalue weighted by atomic mass is 16.6. The fourth-order valence-electron chi connectivity index (χ4n) is 5.63. The lowest BCUT2D eigenvalue weighted by atomic mass is 9.68. The van der Waals surface area contributed by atoms with Gasteiger partial charge in [-0.25, -0.2) is 9.78 Å². The molecule has 0 unspecified atom stereocenters. The molecule has 0 saturated carbocycles. The lowest BCUT2D eigenvalue weighted by Gasteiger charge is -2.48. The van der Waals surface area contributed by atoms with E-state index in [2.05, 4.69) is 21.9 Å². The number of carbonyl (C=O) groups excluding carboxylic acids is 1. The Balaban J connectivity index is 1.31. The molecule has 3 aliphatic rings. The highest BCUT2D eigenvalue weighted by molar-refractivity contribution is 5.67. The number of piperidine rings is 2. The van der Waals surface area contributed by atoms with Gasteiger partial charge >= 0.3 is 6.09 Å². The molecule has 1 spiro atoms. The summed E-state index contributed by atoms with van der Waals surface area (Å²) in [7, 11) is 1.77. The quantitative estimate of drug-likeness (QED) is 0.691. The molecule has 2 fully saturated rings. The largest absolute Gasteiger partial charge is 0.450 e. The van der Waals surface area contributed by atoms with Gasteiger partial charge in [-0.2, -0.15) is 0 Å². The molecule has 31 heavy (non-hydrogen) atoms. The van der Waals surface area contributed by atoms with Gasteiger partial charge in [-0.05, 0) is 64.1 Å². The maximum Gasteiger partial charge on any atom is 0.409 e. The molecule has 2 saturated heterocycles. The molecular weight excluding hydrogens is 392 g/mol. The minimum absolute atomic E-state index is 0.148. The van der Waals surface area contributed by atoms with Gasteiger partial charge in [0.1, 0.15) is 5.82 Å². The Kier molecular flexibility index (Phi) is 7.33. The zero-order valence-corrected chi connectivity index (χ0v) is 19.2. The molecule has 0 N–H and O–H groups in total. The number of rotatable bonds is 6. The van der Waals surface area contributed by atoms with Crippen molar-refractivity contribution in [1.29, 1.82) is 0 Å². The van der Waals surface area contributed by atoms with Crippen molar-refractivity contribution in [2.24, 2.45) is 5.92 Å². The fraction of sp³-hybridized carbons (Fsp3) is 0.750. The van der Waals surface area contributed by atoms with Crippen molar-refractivity contribution in [3.05, 3.63) is 23.9 Å². The van der Waals surface area contributed by atoms with Gasteiger partial charge in [-0.15, -0.1) is 0 Å². The zero-order chi connectivity index (χ0) is 21.7. The number of pyridine rings is 1. The molecule has 0 aromatic carbocycles. The number of aromatic nitrogens is 1. The van der Waals surface area contributed by atoms with Crippen LogP contribution in [0.15, 0.2) is 18.3 Å². The van der Waals surface area contributed by atoms with E-state index >= 15 is 0 Å². The normalized spacial score (nSPS) is 21.9. The molecule has 1 aromatic heterocycles. The van der Waals surface area contributed by atoms with E-state index in [1.165, 1.54) is 30.6 Å². The Bertz CT molecular complexity index is 727. The van der Waals surface area contributed by atoms with E-state index in [1.54, 1.807) is 7.11 Å². The number of anilines is 1. The first kappa shape index (κ1) is 22.3. The standard InChI is InChI=1S/C24H38N4O3/c1-3-31-23(29)28-12-6-20(7-13-28)19-26-14-8-24(9-15-26)10-16-27(17-18-30-2)22-21(24)5-4-11-25-22/h4-5,11,20H,3,6-10,12-19H2,1-2H3. The lowest BCUT2D eigenvalue weighted by Crippen LogP contribution is -2.50. The van der Waals surface area contributed by atoms with Crippen molar-refractivity contribution in [3.8, 4) is 0 Å². The fourth-order valence-corrected chi connectivity index (χ4v) is 5.63. The van der Waals surface area contributed by atoms with Crippen LogP contribution in [0.5, 0.6) is 0 Å². The number of methoxy groups -OCH3 is 1. The third-order valence-corrected chi connectivity index (χ3v) is 7.55. The minimum Gasteiger partial charge on any atom is -0.450 e. The van der Waals surface area contributed by atoms with Crippen LogP contribution >= 0.6 is 0 Å². The average Bonchev–Trinajstić information content (AvgIpc) is 2.81. The Morgan fingerprint density at radius 3 is 2.61 bits per heavy atom. The van der Waals surface area contributed by atoms with Gasteiger partial charge in [-0.3, -0.25) is 0 Å². The van der Waals surface area contributed by atoms with Crippen LogP contribution in [0, 0.1) is 5.92 Å². The maximum absolute atomic E-state index is 11.9. The lowest BCUT2D eigenvalue weighted by molar-refractivity contribution is 0.0778. The van der Waals surface area contributed by atoms with Gasteiger partial charge in [0.05, 0.1) is 13.2 Å². The zero-order valence-electron chi connectivity index (χ0n) is 19.2. The van der Waals surface area contributed by atoms with Crippen molar-refractivity contribution >= 4 is 11.9 Å². The summed E-state index contributed by atoms with van der Waals surface area (Å²) in [6.07, 6.45) is 7.58. The molecule has 0 bridgehead atoms. The van der Waals surface area contributed by atoms with E-state index in [0.29, 0.717) is 12.5 Å². The predicted octanol–water partition coefficient (Wildman–Crippen LogP) is 3.14. The number of hydrogen-bond acceptors (Lipinski definition) is 6. The number of amides is 1. The second-order valence-corrected chi connectivity index (χ2v) is 9.31. The van der Waals surface area contributed by atoms with Gasteiger partial charge in [0, 0.05) is 57.0 Å². The number of fused-ring (bicyclic) bond motifs is 2. The van der Waals surface area contributed by atoms with Crippen LogP contribution in [0.3, 0.4) is 0 Å². The van der Waals surface area contributed by atoms with E-state index in [0.717, 1.165) is 65.3 Å². The summed E-state index contributed by atoms with van der Waals surface area (Å²) in [6, 6.07) is 4.41. The van der Waals surface area contributed by atoms with Crippen molar-refractivity contribution < 1.29 is 14.3 Å². The first-order valence-corrected chi connectivity index (χ1v) is 12.0. The number of nitrogens with zero attached hydrogens (tertiary/aromatic N) is 4. The summed E-state index contributed by atoms with van der Waals surface area (Å²) < 4.78 is 10.5. The molecule has 3 aliphatic heterocycles. The maximum atomic E-state index is 11.9. The van der Waals surface area contributed by atoms with E-state index in [-0.39, 0.29) is 11.5 Å². The van der Waals surface area contributed by atoms with E-state index in [1.807, 2.05) is 18.0 Å². The number of hydrogen-bond donors (Lipinski definition) is 0. The molecule has 0 radical (unpaired) electrons. The molecule has 7 heteroatoms. The van der Waals surface area contributed by atoms with Gasteiger partial charge < -0.3 is 24.2 Å². The third-order valence-electron chi connectivity index (χ3n) is 7.55. The molecule has 1 amide bonds. The van der Waals surface area contributed by atoms with Crippen LogP contribution in [0.2, 0.25) is 0 Å². The highest BCUT2D eigenvalue weighted by Gasteiger charge is 2.42. The Labute approximate surface area is 186 Å². The van der Waals surface area contributed by atoms with Gasteiger partial charge in [0.15, 0.2) is 0 Å². The van der Waals surface area contributed by atoms with Crippen molar-refractivity contribution in [2.75, 3.05) is 71.0 Å². The van der Waals surface area contributed by atoms with Gasteiger partial charge in [0.25, 0.3) is 0 Å². The molecule has 1 aromatic rings. The van der Waals surface area contributed by atoms with E-state index in [9.17, 15) is 4.79 Å². The molecular formula is C24H38N4O3.